The minimum Gasteiger partial charge on any atom is -0.472 e. The Morgan fingerprint density at radius 3 is 2.76 bits per heavy atom. The molecule has 9 nitrogen and oxygen atoms in total. The standard InChI is InChI=1S/C22H21Cl2N5O4S/c23-18-10-25-20(33-15-6-7-29(12-15)19-11-26-27-22(30)21(19)24)9-17(18)13-2-1-3-16(8-13)34(31,32)28-14-4-5-14/h1-3,8-11,14-15,28H,4-7,12H2,(H,27,30)/t15-/m1/s1. The maximum atomic E-state index is 12.6. The molecule has 1 aliphatic carbocycles. The van der Waals surface area contributed by atoms with E-state index in [1.807, 2.05) is 4.90 Å². The molecule has 3 heterocycles. The second-order valence-electron chi connectivity index (χ2n) is 8.30. The van der Waals surface area contributed by atoms with Crippen molar-refractivity contribution in [1.82, 2.24) is 19.9 Å². The molecule has 2 aromatic heterocycles. The molecular weight excluding hydrogens is 501 g/mol. The van der Waals surface area contributed by atoms with Gasteiger partial charge in [0.25, 0.3) is 5.56 Å². The van der Waals surface area contributed by atoms with E-state index in [1.165, 1.54) is 12.4 Å². The summed E-state index contributed by atoms with van der Waals surface area (Å²) in [6.07, 6.45) is 5.23. The number of hydrogen-bond donors (Lipinski definition) is 2. The highest BCUT2D eigenvalue weighted by atomic mass is 35.5. The van der Waals surface area contributed by atoms with Gasteiger partial charge in [-0.1, -0.05) is 35.3 Å². The summed E-state index contributed by atoms with van der Waals surface area (Å²) in [5.74, 6) is 0.366. The molecule has 0 amide bonds. The molecule has 1 atom stereocenters. The number of aromatic nitrogens is 3. The third-order valence-corrected chi connectivity index (χ3v) is 7.92. The highest BCUT2D eigenvalue weighted by Crippen LogP contribution is 2.33. The van der Waals surface area contributed by atoms with Gasteiger partial charge in [-0.25, -0.2) is 23.2 Å². The van der Waals surface area contributed by atoms with Crippen LogP contribution in [0.15, 0.2) is 52.4 Å². The zero-order chi connectivity index (χ0) is 23.9. The minimum atomic E-state index is -3.59. The Morgan fingerprint density at radius 2 is 1.97 bits per heavy atom. The maximum Gasteiger partial charge on any atom is 0.285 e. The molecule has 0 bridgehead atoms. The van der Waals surface area contributed by atoms with E-state index in [0.717, 1.165) is 12.8 Å². The molecule has 34 heavy (non-hydrogen) atoms. The van der Waals surface area contributed by atoms with Crippen molar-refractivity contribution in [2.75, 3.05) is 18.0 Å². The lowest BCUT2D eigenvalue weighted by molar-refractivity contribution is 0.216. The number of anilines is 1. The van der Waals surface area contributed by atoms with Gasteiger partial charge in [0.1, 0.15) is 11.1 Å². The monoisotopic (exact) mass is 521 g/mol. The number of H-pyrrole nitrogens is 1. The van der Waals surface area contributed by atoms with Gasteiger partial charge in [-0.3, -0.25) is 4.79 Å². The van der Waals surface area contributed by atoms with Crippen LogP contribution in [0.3, 0.4) is 0 Å². The van der Waals surface area contributed by atoms with E-state index in [4.69, 9.17) is 27.9 Å². The minimum absolute atomic E-state index is 0.0176. The van der Waals surface area contributed by atoms with Crippen LogP contribution in [0.1, 0.15) is 19.3 Å². The molecule has 0 radical (unpaired) electrons. The summed E-state index contributed by atoms with van der Waals surface area (Å²) >= 11 is 12.5. The van der Waals surface area contributed by atoms with Gasteiger partial charge in [0.2, 0.25) is 15.9 Å². The first-order valence-corrected chi connectivity index (χ1v) is 13.0. The van der Waals surface area contributed by atoms with E-state index in [0.29, 0.717) is 47.2 Å². The predicted molar refractivity (Wildman–Crippen MR) is 129 cm³/mol. The zero-order valence-corrected chi connectivity index (χ0v) is 20.2. The van der Waals surface area contributed by atoms with E-state index < -0.39 is 15.6 Å². The van der Waals surface area contributed by atoms with Crippen LogP contribution < -0.4 is 19.9 Å². The molecule has 2 N–H and O–H groups in total. The van der Waals surface area contributed by atoms with Gasteiger partial charge in [0, 0.05) is 30.6 Å². The molecule has 1 aliphatic heterocycles. The molecule has 0 spiro atoms. The number of aromatic amines is 1. The summed E-state index contributed by atoms with van der Waals surface area (Å²) < 4.78 is 34.0. The van der Waals surface area contributed by atoms with Crippen LogP contribution in [0.4, 0.5) is 5.69 Å². The number of ether oxygens (including phenoxy) is 1. The third kappa shape index (κ3) is 4.90. The second-order valence-corrected chi connectivity index (χ2v) is 10.8. The number of rotatable bonds is 7. The average Bonchev–Trinajstić information content (AvgIpc) is 3.50. The number of nitrogens with one attached hydrogen (secondary N) is 2. The van der Waals surface area contributed by atoms with Crippen molar-refractivity contribution in [2.45, 2.75) is 36.3 Å². The number of halogens is 2. The van der Waals surface area contributed by atoms with Crippen LogP contribution in [-0.2, 0) is 10.0 Å². The Labute approximate surface area is 206 Å². The molecule has 0 unspecified atom stereocenters. The lowest BCUT2D eigenvalue weighted by Gasteiger charge is -2.19. The average molecular weight is 522 g/mol. The molecule has 5 rings (SSSR count). The molecule has 2 aliphatic rings. The Balaban J connectivity index is 1.34. The van der Waals surface area contributed by atoms with Crippen molar-refractivity contribution in [2.24, 2.45) is 0 Å². The fourth-order valence-corrected chi connectivity index (χ4v) is 5.61. The van der Waals surface area contributed by atoms with Crippen molar-refractivity contribution in [1.29, 1.82) is 0 Å². The van der Waals surface area contributed by atoms with Crippen molar-refractivity contribution in [3.05, 3.63) is 63.1 Å². The Morgan fingerprint density at radius 1 is 1.15 bits per heavy atom. The number of sulfonamides is 1. The maximum absolute atomic E-state index is 12.6. The molecule has 178 valence electrons. The molecular formula is C22H21Cl2N5O4S. The van der Waals surface area contributed by atoms with Gasteiger partial charge in [0.15, 0.2) is 0 Å². The quantitative estimate of drug-likeness (QED) is 0.489. The predicted octanol–water partition coefficient (Wildman–Crippen LogP) is 3.24. The first-order chi connectivity index (χ1) is 16.3. The summed E-state index contributed by atoms with van der Waals surface area (Å²) in [6, 6.07) is 8.34. The molecule has 2 fully saturated rings. The zero-order valence-electron chi connectivity index (χ0n) is 17.9. The Hall–Kier alpha value is -2.66. The smallest absolute Gasteiger partial charge is 0.285 e. The number of benzene rings is 1. The summed E-state index contributed by atoms with van der Waals surface area (Å²) in [4.78, 5) is 18.1. The molecule has 1 saturated heterocycles. The number of hydrogen-bond acceptors (Lipinski definition) is 7. The van der Waals surface area contributed by atoms with Crippen molar-refractivity contribution in [3.63, 3.8) is 0 Å². The van der Waals surface area contributed by atoms with Gasteiger partial charge in [-0.2, -0.15) is 5.10 Å². The lowest BCUT2D eigenvalue weighted by Crippen LogP contribution is -2.26. The highest BCUT2D eigenvalue weighted by molar-refractivity contribution is 7.89. The van der Waals surface area contributed by atoms with Crippen LogP contribution in [-0.4, -0.2) is 48.8 Å². The van der Waals surface area contributed by atoms with Gasteiger partial charge in [-0.15, -0.1) is 0 Å². The van der Waals surface area contributed by atoms with E-state index >= 15 is 0 Å². The fraction of sp³-hybridized carbons (Fsp3) is 0.318. The van der Waals surface area contributed by atoms with Crippen LogP contribution in [0, 0.1) is 0 Å². The van der Waals surface area contributed by atoms with Gasteiger partial charge in [-0.05, 0) is 30.5 Å². The van der Waals surface area contributed by atoms with Gasteiger partial charge >= 0.3 is 0 Å². The lowest BCUT2D eigenvalue weighted by atomic mass is 10.1. The summed E-state index contributed by atoms with van der Waals surface area (Å²) in [7, 11) is -3.59. The summed E-state index contributed by atoms with van der Waals surface area (Å²) in [6.45, 7) is 1.15. The largest absolute Gasteiger partial charge is 0.472 e. The fourth-order valence-electron chi connectivity index (χ4n) is 3.83. The van der Waals surface area contributed by atoms with E-state index in [-0.39, 0.29) is 22.1 Å². The SMILES string of the molecule is O=c1[nH]ncc(N2CC[C@@H](Oc3cc(-c4cccc(S(=O)(=O)NC5CC5)c4)c(Cl)cn3)C2)c1Cl. The number of nitrogens with zero attached hydrogens (tertiary/aromatic N) is 3. The normalized spacial score (nSPS) is 18.3. The van der Waals surface area contributed by atoms with Crippen molar-refractivity contribution in [3.8, 4) is 17.0 Å². The van der Waals surface area contributed by atoms with Crippen LogP contribution in [0.5, 0.6) is 5.88 Å². The van der Waals surface area contributed by atoms with E-state index in [9.17, 15) is 13.2 Å². The highest BCUT2D eigenvalue weighted by Gasteiger charge is 2.29. The van der Waals surface area contributed by atoms with Crippen molar-refractivity contribution >= 4 is 38.9 Å². The molecule has 1 aromatic carbocycles. The van der Waals surface area contributed by atoms with Gasteiger partial charge < -0.3 is 9.64 Å². The third-order valence-electron chi connectivity index (χ3n) is 5.74. The number of pyridine rings is 1. The van der Waals surface area contributed by atoms with Crippen LogP contribution in [0.25, 0.3) is 11.1 Å². The molecule has 3 aromatic rings. The van der Waals surface area contributed by atoms with Crippen LogP contribution in [0.2, 0.25) is 10.0 Å². The van der Waals surface area contributed by atoms with Crippen LogP contribution >= 0.6 is 23.2 Å². The Kier molecular flexibility index (Phi) is 6.24. The summed E-state index contributed by atoms with van der Waals surface area (Å²) in [5, 5.41) is 6.60. The first kappa shape index (κ1) is 23.1. The Bertz CT molecular complexity index is 1390. The van der Waals surface area contributed by atoms with E-state index in [2.05, 4.69) is 19.9 Å². The van der Waals surface area contributed by atoms with Crippen molar-refractivity contribution < 1.29 is 13.2 Å². The van der Waals surface area contributed by atoms with Gasteiger partial charge in [0.05, 0.1) is 34.5 Å². The van der Waals surface area contributed by atoms with E-state index in [1.54, 1.807) is 30.3 Å². The molecule has 1 saturated carbocycles. The topological polar surface area (TPSA) is 117 Å². The second kappa shape index (κ2) is 9.18. The summed E-state index contributed by atoms with van der Waals surface area (Å²) in [5.41, 5.74) is 1.38. The molecule has 12 heteroatoms. The first-order valence-electron chi connectivity index (χ1n) is 10.7.